The maximum Gasteiger partial charge on any atom is 0.254 e. The van der Waals surface area contributed by atoms with Crippen molar-refractivity contribution in [2.24, 2.45) is 5.73 Å². The van der Waals surface area contributed by atoms with E-state index in [1.165, 1.54) is 30.1 Å². The van der Waals surface area contributed by atoms with Crippen molar-refractivity contribution in [3.8, 4) is 5.75 Å². The van der Waals surface area contributed by atoms with Crippen molar-refractivity contribution in [1.29, 1.82) is 0 Å². The van der Waals surface area contributed by atoms with Gasteiger partial charge in [-0.3, -0.25) is 9.59 Å². The van der Waals surface area contributed by atoms with E-state index in [9.17, 15) is 14.0 Å². The molecular formula is C22H22FN3O4. The molecule has 2 N–H and O–H groups in total. The van der Waals surface area contributed by atoms with E-state index in [1.54, 1.807) is 37.3 Å². The van der Waals surface area contributed by atoms with Crippen LogP contribution in [0.2, 0.25) is 0 Å². The van der Waals surface area contributed by atoms with E-state index in [0.717, 1.165) is 11.3 Å². The van der Waals surface area contributed by atoms with E-state index in [2.05, 4.69) is 5.16 Å². The summed E-state index contributed by atoms with van der Waals surface area (Å²) in [6.07, 6.45) is 0. The first-order valence-electron chi connectivity index (χ1n) is 9.24. The molecule has 0 aliphatic carbocycles. The third-order valence-corrected chi connectivity index (χ3v) is 4.79. The predicted octanol–water partition coefficient (Wildman–Crippen LogP) is 3.31. The number of rotatable bonds is 7. The number of aromatic nitrogens is 1. The molecule has 0 bridgehead atoms. The Balaban J connectivity index is 1.80. The van der Waals surface area contributed by atoms with Crippen LogP contribution < -0.4 is 10.5 Å². The van der Waals surface area contributed by atoms with Crippen LogP contribution in [0.5, 0.6) is 5.75 Å². The first-order chi connectivity index (χ1) is 14.3. The molecule has 156 valence electrons. The first kappa shape index (κ1) is 21.0. The highest BCUT2D eigenvalue weighted by molar-refractivity contribution is 5.97. The molecule has 1 unspecified atom stereocenters. The fourth-order valence-corrected chi connectivity index (χ4v) is 3.16. The lowest BCUT2D eigenvalue weighted by molar-refractivity contribution is -0.122. The molecule has 0 aliphatic heterocycles. The van der Waals surface area contributed by atoms with Gasteiger partial charge in [0.1, 0.15) is 30.0 Å². The maximum atomic E-state index is 13.6. The molecule has 0 fully saturated rings. The van der Waals surface area contributed by atoms with Crippen LogP contribution >= 0.6 is 0 Å². The number of likely N-dealkylation sites (N-methyl/N-ethyl adjacent to an activating group) is 1. The Morgan fingerprint density at radius 3 is 2.57 bits per heavy atom. The summed E-state index contributed by atoms with van der Waals surface area (Å²) in [5.74, 6) is -0.600. The number of ether oxygens (including phenoxy) is 1. The van der Waals surface area contributed by atoms with Gasteiger partial charge >= 0.3 is 0 Å². The number of halogens is 1. The minimum absolute atomic E-state index is 0.238. The van der Waals surface area contributed by atoms with Gasteiger partial charge in [0.25, 0.3) is 5.91 Å². The van der Waals surface area contributed by atoms with Crippen LogP contribution in [0.4, 0.5) is 4.39 Å². The Labute approximate surface area is 173 Å². The number of nitrogens with zero attached hydrogens (tertiary/aromatic N) is 2. The Kier molecular flexibility index (Phi) is 6.15. The Bertz CT molecular complexity index is 1060. The number of amides is 2. The smallest absolute Gasteiger partial charge is 0.254 e. The summed E-state index contributed by atoms with van der Waals surface area (Å²) in [6.45, 7) is 3.85. The van der Waals surface area contributed by atoms with Crippen molar-refractivity contribution in [2.75, 3.05) is 7.05 Å². The molecule has 0 spiro atoms. The molecule has 1 aromatic heterocycles. The summed E-state index contributed by atoms with van der Waals surface area (Å²) in [4.78, 5) is 26.2. The molecule has 7 nitrogen and oxygen atoms in total. The summed E-state index contributed by atoms with van der Waals surface area (Å²) in [7, 11) is 1.44. The largest absolute Gasteiger partial charge is 0.489 e. The van der Waals surface area contributed by atoms with Gasteiger partial charge < -0.3 is 19.9 Å². The van der Waals surface area contributed by atoms with Crippen molar-refractivity contribution in [1.82, 2.24) is 10.1 Å². The average molecular weight is 411 g/mol. The monoisotopic (exact) mass is 411 g/mol. The highest BCUT2D eigenvalue weighted by atomic mass is 19.1. The van der Waals surface area contributed by atoms with Gasteiger partial charge in [0, 0.05) is 12.6 Å². The summed E-state index contributed by atoms with van der Waals surface area (Å²) in [5, 5.41) is 3.88. The first-order valence-corrected chi connectivity index (χ1v) is 9.24. The van der Waals surface area contributed by atoms with E-state index in [4.69, 9.17) is 15.0 Å². The van der Waals surface area contributed by atoms with E-state index in [1.807, 2.05) is 6.92 Å². The van der Waals surface area contributed by atoms with Gasteiger partial charge in [-0.05, 0) is 49.7 Å². The lowest BCUT2D eigenvalue weighted by Crippen LogP contribution is -2.39. The van der Waals surface area contributed by atoms with Gasteiger partial charge in [-0.2, -0.15) is 0 Å². The maximum absolute atomic E-state index is 13.6. The normalized spacial score (nSPS) is 11.7. The third-order valence-electron chi connectivity index (χ3n) is 4.79. The number of primary amides is 1. The summed E-state index contributed by atoms with van der Waals surface area (Å²) in [6, 6.07) is 10.9. The van der Waals surface area contributed by atoms with Crippen LogP contribution in [-0.4, -0.2) is 28.9 Å². The fraction of sp³-hybridized carbons (Fsp3) is 0.227. The topological polar surface area (TPSA) is 98.7 Å². The number of benzene rings is 2. The molecule has 3 rings (SSSR count). The van der Waals surface area contributed by atoms with Crippen LogP contribution in [-0.2, 0) is 11.4 Å². The summed E-state index contributed by atoms with van der Waals surface area (Å²) < 4.78 is 24.5. The lowest BCUT2D eigenvalue weighted by atomic mass is 10.0. The second kappa shape index (κ2) is 8.77. The zero-order valence-corrected chi connectivity index (χ0v) is 16.9. The van der Waals surface area contributed by atoms with Crippen LogP contribution in [0.25, 0.3) is 0 Å². The van der Waals surface area contributed by atoms with Crippen molar-refractivity contribution in [3.05, 3.63) is 82.5 Å². The fourth-order valence-electron chi connectivity index (χ4n) is 3.16. The number of carbonyl (C=O) groups is 2. The second-order valence-electron chi connectivity index (χ2n) is 6.90. The van der Waals surface area contributed by atoms with Crippen LogP contribution in [0.15, 0.2) is 53.1 Å². The molecule has 0 saturated heterocycles. The van der Waals surface area contributed by atoms with Crippen LogP contribution in [0.3, 0.4) is 0 Å². The number of carbonyl (C=O) groups excluding carboxylic acids is 2. The quantitative estimate of drug-likeness (QED) is 0.643. The molecule has 1 heterocycles. The molecule has 8 heteroatoms. The lowest BCUT2D eigenvalue weighted by Gasteiger charge is -2.26. The SMILES string of the molecule is Cc1noc(C)c1COc1cccc(C(=O)N(C)C(C(N)=O)c2cccc(F)c2)c1. The molecule has 1 atom stereocenters. The van der Waals surface area contributed by atoms with Crippen molar-refractivity contribution in [3.63, 3.8) is 0 Å². The molecular weight excluding hydrogens is 389 g/mol. The van der Waals surface area contributed by atoms with Crippen LogP contribution in [0.1, 0.15) is 39.0 Å². The summed E-state index contributed by atoms with van der Waals surface area (Å²) >= 11 is 0. The predicted molar refractivity (Wildman–Crippen MR) is 107 cm³/mol. The Morgan fingerprint density at radius 1 is 1.20 bits per heavy atom. The van der Waals surface area contributed by atoms with Gasteiger partial charge in [0.05, 0.1) is 11.3 Å². The highest BCUT2D eigenvalue weighted by Crippen LogP contribution is 2.24. The number of aryl methyl sites for hydroxylation is 2. The standard InChI is InChI=1S/C22H22FN3O4/c1-13-19(14(2)30-25-13)12-29-18-9-5-7-16(11-18)22(28)26(3)20(21(24)27)15-6-4-8-17(23)10-15/h4-11,20H,12H2,1-3H3,(H2,24,27). The minimum Gasteiger partial charge on any atom is -0.489 e. The Hall–Kier alpha value is -3.68. The average Bonchev–Trinajstić information content (AvgIpc) is 3.03. The molecule has 0 aliphatic rings. The molecule has 2 aromatic carbocycles. The molecule has 0 radical (unpaired) electrons. The molecule has 0 saturated carbocycles. The van der Waals surface area contributed by atoms with Gasteiger partial charge in [-0.1, -0.05) is 23.4 Å². The zero-order chi connectivity index (χ0) is 21.8. The van der Waals surface area contributed by atoms with Gasteiger partial charge in [-0.15, -0.1) is 0 Å². The Morgan fingerprint density at radius 2 is 1.93 bits per heavy atom. The number of nitrogens with two attached hydrogens (primary N) is 1. The van der Waals surface area contributed by atoms with E-state index >= 15 is 0 Å². The number of hydrogen-bond acceptors (Lipinski definition) is 5. The van der Waals surface area contributed by atoms with Gasteiger partial charge in [0.2, 0.25) is 5.91 Å². The van der Waals surface area contributed by atoms with Crippen molar-refractivity contribution >= 4 is 11.8 Å². The highest BCUT2D eigenvalue weighted by Gasteiger charge is 2.28. The van der Waals surface area contributed by atoms with E-state index in [0.29, 0.717) is 22.6 Å². The second-order valence-corrected chi connectivity index (χ2v) is 6.90. The zero-order valence-electron chi connectivity index (χ0n) is 16.9. The van der Waals surface area contributed by atoms with Crippen molar-refractivity contribution < 1.29 is 23.2 Å². The van der Waals surface area contributed by atoms with E-state index < -0.39 is 23.7 Å². The molecule has 3 aromatic rings. The molecule has 2 amide bonds. The number of hydrogen-bond donors (Lipinski definition) is 1. The van der Waals surface area contributed by atoms with Gasteiger partial charge in [0.15, 0.2) is 0 Å². The van der Waals surface area contributed by atoms with Crippen molar-refractivity contribution in [2.45, 2.75) is 26.5 Å². The summed E-state index contributed by atoms with van der Waals surface area (Å²) in [5.41, 5.74) is 7.67. The van der Waals surface area contributed by atoms with Gasteiger partial charge in [-0.25, -0.2) is 4.39 Å². The molecule has 30 heavy (non-hydrogen) atoms. The minimum atomic E-state index is -1.11. The third kappa shape index (κ3) is 4.48. The van der Waals surface area contributed by atoms with E-state index in [-0.39, 0.29) is 6.61 Å². The van der Waals surface area contributed by atoms with Crippen LogP contribution in [0, 0.1) is 19.7 Å².